The molecule has 2 amide bonds. The van der Waals surface area contributed by atoms with Crippen molar-refractivity contribution >= 4 is 17.5 Å². The van der Waals surface area contributed by atoms with Crippen LogP contribution < -0.4 is 14.8 Å². The number of carbonyl (C=O) groups excluding carboxylic acids is 2. The normalized spacial score (nSPS) is 16.5. The summed E-state index contributed by atoms with van der Waals surface area (Å²) in [4.78, 5) is 29.3. The number of anilines is 1. The SMILES string of the molecule is CC(C)c1ccc(C(=O)N2CCN(CC(=O)Nc3ccc4c(c3)OCCCO4)CC2)cc1. The Bertz CT molecular complexity index is 950. The highest BCUT2D eigenvalue weighted by Crippen LogP contribution is 2.32. The number of amides is 2. The second-order valence-corrected chi connectivity index (χ2v) is 8.61. The predicted molar refractivity (Wildman–Crippen MR) is 124 cm³/mol. The predicted octanol–water partition coefficient (Wildman–Crippen LogP) is 3.37. The van der Waals surface area contributed by atoms with Crippen molar-refractivity contribution in [1.29, 1.82) is 0 Å². The standard InChI is InChI=1S/C25H31N3O4/c1-18(2)19-4-6-20(7-5-19)25(30)28-12-10-27(11-13-28)17-24(29)26-21-8-9-22-23(16-21)32-15-3-14-31-22/h4-9,16,18H,3,10-15,17H2,1-2H3,(H,26,29). The topological polar surface area (TPSA) is 71.1 Å². The van der Waals surface area contributed by atoms with Crippen molar-refractivity contribution in [3.8, 4) is 11.5 Å². The summed E-state index contributed by atoms with van der Waals surface area (Å²) in [5, 5.41) is 2.94. The number of hydrogen-bond donors (Lipinski definition) is 1. The van der Waals surface area contributed by atoms with Crippen LogP contribution in [0.15, 0.2) is 42.5 Å². The van der Waals surface area contributed by atoms with E-state index in [-0.39, 0.29) is 11.8 Å². The molecule has 0 aliphatic carbocycles. The number of piperazine rings is 1. The fraction of sp³-hybridized carbons (Fsp3) is 0.440. The van der Waals surface area contributed by atoms with Gasteiger partial charge in [0.15, 0.2) is 11.5 Å². The van der Waals surface area contributed by atoms with Gasteiger partial charge in [-0.3, -0.25) is 14.5 Å². The zero-order chi connectivity index (χ0) is 22.5. The Balaban J connectivity index is 1.26. The molecule has 0 radical (unpaired) electrons. The molecule has 2 aliphatic heterocycles. The Kier molecular flexibility index (Phi) is 6.95. The van der Waals surface area contributed by atoms with Crippen LogP contribution in [0.3, 0.4) is 0 Å². The minimum Gasteiger partial charge on any atom is -0.490 e. The summed E-state index contributed by atoms with van der Waals surface area (Å²) in [5.74, 6) is 1.79. The highest BCUT2D eigenvalue weighted by atomic mass is 16.5. The first-order valence-corrected chi connectivity index (χ1v) is 11.3. The zero-order valence-corrected chi connectivity index (χ0v) is 18.8. The van der Waals surface area contributed by atoms with Gasteiger partial charge in [0.05, 0.1) is 19.8 Å². The lowest BCUT2D eigenvalue weighted by Crippen LogP contribution is -2.50. The van der Waals surface area contributed by atoms with Crippen LogP contribution in [0.1, 0.15) is 42.1 Å². The summed E-state index contributed by atoms with van der Waals surface area (Å²) < 4.78 is 11.3. The summed E-state index contributed by atoms with van der Waals surface area (Å²) in [6.45, 7) is 8.38. The molecular formula is C25H31N3O4. The summed E-state index contributed by atoms with van der Waals surface area (Å²) in [5.41, 5.74) is 2.64. The van der Waals surface area contributed by atoms with Gasteiger partial charge in [-0.15, -0.1) is 0 Å². The van der Waals surface area contributed by atoms with E-state index in [1.165, 1.54) is 5.56 Å². The largest absolute Gasteiger partial charge is 0.490 e. The molecule has 0 unspecified atom stereocenters. The number of nitrogens with zero attached hydrogens (tertiary/aromatic N) is 2. The van der Waals surface area contributed by atoms with Crippen molar-refractivity contribution in [3.05, 3.63) is 53.6 Å². The first kappa shape index (κ1) is 22.1. The first-order chi connectivity index (χ1) is 15.5. The molecule has 32 heavy (non-hydrogen) atoms. The lowest BCUT2D eigenvalue weighted by Gasteiger charge is -2.34. The highest BCUT2D eigenvalue weighted by Gasteiger charge is 2.23. The Hall–Kier alpha value is -3.06. The molecule has 7 heteroatoms. The van der Waals surface area contributed by atoms with E-state index < -0.39 is 0 Å². The molecule has 2 heterocycles. The number of ether oxygens (including phenoxy) is 2. The molecule has 0 aromatic heterocycles. The summed E-state index contributed by atoms with van der Waals surface area (Å²) in [6.07, 6.45) is 0.841. The van der Waals surface area contributed by atoms with E-state index in [0.29, 0.717) is 69.0 Å². The van der Waals surface area contributed by atoms with Gasteiger partial charge in [-0.25, -0.2) is 0 Å². The van der Waals surface area contributed by atoms with Crippen molar-refractivity contribution in [3.63, 3.8) is 0 Å². The molecule has 0 saturated carbocycles. The summed E-state index contributed by atoms with van der Waals surface area (Å²) in [7, 11) is 0. The Morgan fingerprint density at radius 3 is 2.31 bits per heavy atom. The number of hydrogen-bond acceptors (Lipinski definition) is 5. The lowest BCUT2D eigenvalue weighted by atomic mass is 10.0. The number of carbonyl (C=O) groups is 2. The molecule has 2 aliphatic rings. The smallest absolute Gasteiger partial charge is 0.253 e. The van der Waals surface area contributed by atoms with E-state index in [1.807, 2.05) is 41.3 Å². The van der Waals surface area contributed by atoms with E-state index in [1.54, 1.807) is 6.07 Å². The molecule has 0 atom stereocenters. The van der Waals surface area contributed by atoms with Crippen LogP contribution >= 0.6 is 0 Å². The zero-order valence-electron chi connectivity index (χ0n) is 18.8. The van der Waals surface area contributed by atoms with Gasteiger partial charge in [0.25, 0.3) is 5.91 Å². The molecule has 1 N–H and O–H groups in total. The van der Waals surface area contributed by atoms with Crippen molar-refractivity contribution in [2.24, 2.45) is 0 Å². The average molecular weight is 438 g/mol. The Morgan fingerprint density at radius 1 is 0.938 bits per heavy atom. The third kappa shape index (κ3) is 5.40. The van der Waals surface area contributed by atoms with Crippen LogP contribution in [0.5, 0.6) is 11.5 Å². The van der Waals surface area contributed by atoms with E-state index in [9.17, 15) is 9.59 Å². The van der Waals surface area contributed by atoms with Crippen molar-refractivity contribution in [1.82, 2.24) is 9.80 Å². The van der Waals surface area contributed by atoms with E-state index in [4.69, 9.17) is 9.47 Å². The number of nitrogens with one attached hydrogen (secondary N) is 1. The van der Waals surface area contributed by atoms with Crippen LogP contribution in [-0.4, -0.2) is 67.6 Å². The molecule has 7 nitrogen and oxygen atoms in total. The second kappa shape index (κ2) is 10.0. The molecule has 1 saturated heterocycles. The van der Waals surface area contributed by atoms with Crippen LogP contribution in [0, 0.1) is 0 Å². The minimum atomic E-state index is -0.0801. The van der Waals surface area contributed by atoms with Gasteiger partial charge in [0, 0.05) is 49.9 Å². The number of fused-ring (bicyclic) bond motifs is 1. The molecule has 0 spiro atoms. The maximum Gasteiger partial charge on any atom is 0.253 e. The fourth-order valence-corrected chi connectivity index (χ4v) is 3.95. The van der Waals surface area contributed by atoms with Gasteiger partial charge in [0.2, 0.25) is 5.91 Å². The third-order valence-electron chi connectivity index (χ3n) is 5.88. The first-order valence-electron chi connectivity index (χ1n) is 11.3. The Labute approximate surface area is 189 Å². The van der Waals surface area contributed by atoms with Gasteiger partial charge in [-0.2, -0.15) is 0 Å². The quantitative estimate of drug-likeness (QED) is 0.777. The minimum absolute atomic E-state index is 0.0524. The fourth-order valence-electron chi connectivity index (χ4n) is 3.95. The van der Waals surface area contributed by atoms with Crippen molar-refractivity contribution < 1.29 is 19.1 Å². The lowest BCUT2D eigenvalue weighted by molar-refractivity contribution is -0.117. The molecule has 0 bridgehead atoms. The van der Waals surface area contributed by atoms with Gasteiger partial charge in [-0.05, 0) is 35.7 Å². The maximum absolute atomic E-state index is 12.8. The van der Waals surface area contributed by atoms with Crippen LogP contribution in [-0.2, 0) is 4.79 Å². The maximum atomic E-state index is 12.8. The van der Waals surface area contributed by atoms with Gasteiger partial charge in [-0.1, -0.05) is 26.0 Å². The van der Waals surface area contributed by atoms with E-state index in [0.717, 1.165) is 12.0 Å². The molecule has 2 aromatic carbocycles. The monoisotopic (exact) mass is 437 g/mol. The van der Waals surface area contributed by atoms with Crippen LogP contribution in [0.4, 0.5) is 5.69 Å². The van der Waals surface area contributed by atoms with E-state index >= 15 is 0 Å². The molecule has 2 aromatic rings. The van der Waals surface area contributed by atoms with E-state index in [2.05, 4.69) is 24.1 Å². The molecular weight excluding hydrogens is 406 g/mol. The summed E-state index contributed by atoms with van der Waals surface area (Å²) >= 11 is 0. The number of benzene rings is 2. The molecule has 4 rings (SSSR count). The van der Waals surface area contributed by atoms with Gasteiger partial charge < -0.3 is 19.7 Å². The second-order valence-electron chi connectivity index (χ2n) is 8.61. The molecule has 1 fully saturated rings. The summed E-state index contributed by atoms with van der Waals surface area (Å²) in [6, 6.07) is 13.3. The molecule has 170 valence electrons. The van der Waals surface area contributed by atoms with Crippen molar-refractivity contribution in [2.75, 3.05) is 51.3 Å². The van der Waals surface area contributed by atoms with Gasteiger partial charge >= 0.3 is 0 Å². The number of rotatable bonds is 5. The van der Waals surface area contributed by atoms with Crippen LogP contribution in [0.2, 0.25) is 0 Å². The highest BCUT2D eigenvalue weighted by molar-refractivity contribution is 5.94. The average Bonchev–Trinajstić information content (AvgIpc) is 3.04. The van der Waals surface area contributed by atoms with Crippen molar-refractivity contribution in [2.45, 2.75) is 26.2 Å². The van der Waals surface area contributed by atoms with Crippen LogP contribution in [0.25, 0.3) is 0 Å². The Morgan fingerprint density at radius 2 is 1.62 bits per heavy atom. The van der Waals surface area contributed by atoms with Gasteiger partial charge in [0.1, 0.15) is 0 Å². The third-order valence-corrected chi connectivity index (χ3v) is 5.88.